The zero-order valence-electron chi connectivity index (χ0n) is 39.7. The fourth-order valence-corrected chi connectivity index (χ4v) is 11.8. The van der Waals surface area contributed by atoms with Crippen molar-refractivity contribution in [3.63, 3.8) is 0 Å². The van der Waals surface area contributed by atoms with Crippen LogP contribution in [0.3, 0.4) is 0 Å². The van der Waals surface area contributed by atoms with Crippen LogP contribution in [0.15, 0.2) is 42.7 Å². The number of anilines is 4. The Morgan fingerprint density at radius 1 is 0.768 bits per heavy atom. The first kappa shape index (κ1) is 46.9. The Labute approximate surface area is 401 Å². The molecule has 7 aliphatic heterocycles. The molecule has 8 heterocycles. The van der Waals surface area contributed by atoms with Gasteiger partial charge in [0.2, 0.25) is 17.7 Å². The van der Waals surface area contributed by atoms with Crippen molar-refractivity contribution in [2.75, 3.05) is 112 Å². The van der Waals surface area contributed by atoms with Gasteiger partial charge in [-0.05, 0) is 93.6 Å². The number of benzene rings is 2. The van der Waals surface area contributed by atoms with Crippen LogP contribution in [0.25, 0.3) is 0 Å². The molecule has 10 rings (SSSR count). The van der Waals surface area contributed by atoms with Crippen LogP contribution in [0.4, 0.5) is 31.8 Å². The number of halogens is 2. The van der Waals surface area contributed by atoms with Gasteiger partial charge in [0.05, 0.1) is 28.9 Å². The van der Waals surface area contributed by atoms with Crippen molar-refractivity contribution in [1.29, 1.82) is 0 Å². The summed E-state index contributed by atoms with van der Waals surface area (Å²) in [7, 11) is 0. The van der Waals surface area contributed by atoms with Gasteiger partial charge in [0.15, 0.2) is 0 Å². The maximum atomic E-state index is 15.7. The fourth-order valence-electron chi connectivity index (χ4n) is 11.8. The quantitative estimate of drug-likeness (QED) is 0.136. The number of nitrogens with zero attached hydrogens (tertiary/aromatic N) is 8. The van der Waals surface area contributed by atoms with Gasteiger partial charge in [0.1, 0.15) is 35.6 Å². The second kappa shape index (κ2) is 19.2. The predicted octanol–water partition coefficient (Wildman–Crippen LogP) is 3.53. The molecule has 0 aliphatic carbocycles. The van der Waals surface area contributed by atoms with E-state index in [1.54, 1.807) is 29.4 Å². The molecule has 5 amide bonds. The summed E-state index contributed by atoms with van der Waals surface area (Å²) in [5.74, 6) is -0.413. The van der Waals surface area contributed by atoms with E-state index in [0.717, 1.165) is 94.7 Å². The van der Waals surface area contributed by atoms with Crippen LogP contribution in [0.1, 0.15) is 85.1 Å². The Balaban J connectivity index is 0.643. The van der Waals surface area contributed by atoms with Crippen molar-refractivity contribution in [2.24, 2.45) is 17.3 Å². The number of piperazine rings is 1. The van der Waals surface area contributed by atoms with Crippen LogP contribution in [0.2, 0.25) is 0 Å². The van der Waals surface area contributed by atoms with E-state index in [1.807, 2.05) is 6.07 Å². The predicted molar refractivity (Wildman–Crippen MR) is 256 cm³/mol. The van der Waals surface area contributed by atoms with Crippen molar-refractivity contribution in [1.82, 2.24) is 40.2 Å². The van der Waals surface area contributed by atoms with Crippen LogP contribution in [0.5, 0.6) is 0 Å². The summed E-state index contributed by atoms with van der Waals surface area (Å²) in [6.45, 7) is 15.5. The topological polar surface area (TPSA) is 179 Å². The molecule has 19 heteroatoms. The summed E-state index contributed by atoms with van der Waals surface area (Å²) < 4.78 is 31.2. The first-order valence-electron chi connectivity index (χ1n) is 24.8. The van der Waals surface area contributed by atoms with Gasteiger partial charge in [-0.2, -0.15) is 0 Å². The number of carbonyl (C=O) groups is 5. The van der Waals surface area contributed by atoms with Gasteiger partial charge >= 0.3 is 0 Å². The lowest BCUT2D eigenvalue weighted by molar-refractivity contribution is -0.136. The summed E-state index contributed by atoms with van der Waals surface area (Å²) in [4.78, 5) is 85.1. The Morgan fingerprint density at radius 3 is 2.25 bits per heavy atom. The molecule has 7 aliphatic rings. The minimum atomic E-state index is -0.996. The molecule has 1 spiro atoms. The van der Waals surface area contributed by atoms with E-state index in [9.17, 15) is 24.0 Å². The van der Waals surface area contributed by atoms with Crippen molar-refractivity contribution in [3.05, 3.63) is 71.1 Å². The molecule has 0 saturated carbocycles. The number of imide groups is 2. The molecule has 3 atom stereocenters. The maximum Gasteiger partial charge on any atom is 0.264 e. The zero-order valence-corrected chi connectivity index (χ0v) is 39.7. The SMILES string of the molecule is CC1(C)CCN(Cc2cc(F)c(N3CC(=O)NC4(CCN(c5cc(NCCCN6C[C@@H]7CN(CCNc8cccc9c8C(=O)N(C8CCC(=O)NC8=O)C9=O)C[C@@H]7C6)ncn5)CC4)C3)cc2F)CC1. The average Bonchev–Trinajstić information content (AvgIpc) is 3.96. The molecular formula is C50H64F2N12O5. The fraction of sp³-hybridized carbons (Fsp3) is 0.580. The van der Waals surface area contributed by atoms with Crippen LogP contribution in [-0.4, -0.2) is 162 Å². The van der Waals surface area contributed by atoms with Crippen LogP contribution in [-0.2, 0) is 20.9 Å². The van der Waals surface area contributed by atoms with Gasteiger partial charge in [-0.25, -0.2) is 18.7 Å². The summed E-state index contributed by atoms with van der Waals surface area (Å²) in [6.07, 6.45) is 6.06. The maximum absolute atomic E-state index is 15.7. The van der Waals surface area contributed by atoms with E-state index in [4.69, 9.17) is 0 Å². The Morgan fingerprint density at radius 2 is 1.51 bits per heavy atom. The number of nitrogens with one attached hydrogen (secondary N) is 4. The van der Waals surface area contributed by atoms with E-state index in [-0.39, 0.29) is 47.5 Å². The normalized spacial score (nSPS) is 25.0. The highest BCUT2D eigenvalue weighted by molar-refractivity contribution is 6.25. The van der Waals surface area contributed by atoms with E-state index in [0.29, 0.717) is 68.7 Å². The third-order valence-corrected chi connectivity index (χ3v) is 15.8. The Hall–Kier alpha value is -5.79. The van der Waals surface area contributed by atoms with Gasteiger partial charge in [0, 0.05) is 102 Å². The molecule has 69 heavy (non-hydrogen) atoms. The first-order chi connectivity index (χ1) is 33.2. The molecule has 2 aromatic carbocycles. The van der Waals surface area contributed by atoms with Gasteiger partial charge in [-0.15, -0.1) is 0 Å². The third kappa shape index (κ3) is 10.00. The number of fused-ring (bicyclic) bond motifs is 2. The molecule has 368 valence electrons. The Bertz CT molecular complexity index is 2480. The minimum Gasteiger partial charge on any atom is -0.383 e. The molecule has 0 bridgehead atoms. The number of amides is 5. The standard InChI is InChI=1S/C50H64F2N12O5/c1-49(2)9-16-59(17-10-49)24-32-21-37(52)40(22-36(32)51)63-29-44(66)58-50(30-63)11-18-62(19-12-50)42-23-41(55-31-56-42)54-13-4-15-60-25-33-27-61(28-34(33)26-60)20-14-53-38-6-3-5-35-45(38)48(69)64(47(35)68)39-7-8-43(65)57-46(39)67/h3,5-6,21-23,31,33-34,39,53H,4,7-20,24-30H2,1-2H3,(H,58,66)(H,54,55,56)(H,57,65,67)/t33-,34+,39?. The van der Waals surface area contributed by atoms with Crippen LogP contribution < -0.4 is 31.1 Å². The van der Waals surface area contributed by atoms with Gasteiger partial charge < -0.3 is 35.6 Å². The second-order valence-corrected chi connectivity index (χ2v) is 21.2. The average molecular weight is 951 g/mol. The van der Waals surface area contributed by atoms with E-state index in [1.165, 1.54) is 12.1 Å². The highest BCUT2D eigenvalue weighted by Crippen LogP contribution is 2.36. The third-order valence-electron chi connectivity index (χ3n) is 15.8. The number of likely N-dealkylation sites (tertiary alicyclic amines) is 3. The van der Waals surface area contributed by atoms with Crippen molar-refractivity contribution >= 4 is 52.5 Å². The molecule has 4 N–H and O–H groups in total. The highest BCUT2D eigenvalue weighted by atomic mass is 19.1. The van der Waals surface area contributed by atoms with Gasteiger partial charge in [0.25, 0.3) is 11.8 Å². The molecule has 6 saturated heterocycles. The van der Waals surface area contributed by atoms with Crippen LogP contribution >= 0.6 is 0 Å². The summed E-state index contributed by atoms with van der Waals surface area (Å²) in [6, 6.07) is 8.71. The number of carbonyl (C=O) groups excluding carboxylic acids is 5. The lowest BCUT2D eigenvalue weighted by Gasteiger charge is -2.48. The first-order valence-corrected chi connectivity index (χ1v) is 24.8. The number of piperidine rings is 3. The smallest absolute Gasteiger partial charge is 0.264 e. The zero-order chi connectivity index (χ0) is 48.0. The van der Waals surface area contributed by atoms with E-state index in [2.05, 4.69) is 64.7 Å². The van der Waals surface area contributed by atoms with E-state index < -0.39 is 46.8 Å². The number of hydrogen-bond donors (Lipinski definition) is 4. The Kier molecular flexibility index (Phi) is 13.0. The number of rotatable bonds is 14. The van der Waals surface area contributed by atoms with Crippen molar-refractivity contribution in [2.45, 2.75) is 76.9 Å². The molecule has 17 nitrogen and oxygen atoms in total. The molecule has 1 aromatic heterocycles. The molecule has 1 unspecified atom stereocenters. The van der Waals surface area contributed by atoms with Gasteiger partial charge in [-0.1, -0.05) is 19.9 Å². The van der Waals surface area contributed by atoms with Crippen LogP contribution in [0, 0.1) is 28.9 Å². The number of aromatic nitrogens is 2. The van der Waals surface area contributed by atoms with Gasteiger partial charge in [-0.3, -0.25) is 39.1 Å². The molecule has 0 radical (unpaired) electrons. The second-order valence-electron chi connectivity index (χ2n) is 21.2. The van der Waals surface area contributed by atoms with Crippen molar-refractivity contribution in [3.8, 4) is 0 Å². The monoisotopic (exact) mass is 951 g/mol. The summed E-state index contributed by atoms with van der Waals surface area (Å²) in [5, 5.41) is 12.3. The summed E-state index contributed by atoms with van der Waals surface area (Å²) in [5.41, 5.74) is 1.32. The largest absolute Gasteiger partial charge is 0.383 e. The minimum absolute atomic E-state index is 0.0212. The highest BCUT2D eigenvalue weighted by Gasteiger charge is 2.46. The molecular weight excluding hydrogens is 887 g/mol. The van der Waals surface area contributed by atoms with E-state index >= 15 is 8.78 Å². The number of hydrogen-bond acceptors (Lipinski definition) is 14. The summed E-state index contributed by atoms with van der Waals surface area (Å²) >= 11 is 0. The molecule has 6 fully saturated rings. The van der Waals surface area contributed by atoms with Crippen molar-refractivity contribution < 1.29 is 32.8 Å². The lowest BCUT2D eigenvalue weighted by atomic mass is 9.82. The lowest BCUT2D eigenvalue weighted by Crippen LogP contribution is -2.66. The molecule has 3 aromatic rings.